The van der Waals surface area contributed by atoms with Crippen molar-refractivity contribution in [3.05, 3.63) is 12.2 Å². The Bertz CT molecular complexity index is 1050. The lowest BCUT2D eigenvalue weighted by Gasteiger charge is -2.53. The lowest BCUT2D eigenvalue weighted by molar-refractivity contribution is -0.304. The second-order valence-corrected chi connectivity index (χ2v) is 16.0. The summed E-state index contributed by atoms with van der Waals surface area (Å²) in [7, 11) is 3.85. The fourth-order valence-electron chi connectivity index (χ4n) is 7.95. The first-order chi connectivity index (χ1) is 21.7. The number of aliphatic hydroxyl groups excluding tert-OH is 2. The van der Waals surface area contributed by atoms with Crippen molar-refractivity contribution in [1.29, 1.82) is 0 Å². The molecule has 0 amide bonds. The van der Waals surface area contributed by atoms with Gasteiger partial charge >= 0.3 is 5.97 Å². The van der Waals surface area contributed by atoms with Crippen molar-refractivity contribution in [3.63, 3.8) is 0 Å². The Hall–Kier alpha value is -1.15. The van der Waals surface area contributed by atoms with Gasteiger partial charge in [-0.25, -0.2) is 0 Å². The van der Waals surface area contributed by atoms with Crippen LogP contribution in [0, 0.1) is 23.2 Å². The molecule has 11 nitrogen and oxygen atoms in total. The average molecular weight is 671 g/mol. The van der Waals surface area contributed by atoms with E-state index in [9.17, 15) is 20.1 Å². The molecule has 0 spiro atoms. The molecule has 11 heteroatoms. The largest absolute Gasteiger partial charge is 0.459 e. The van der Waals surface area contributed by atoms with Gasteiger partial charge in [-0.2, -0.15) is 0 Å². The third-order valence-corrected chi connectivity index (χ3v) is 11.5. The highest BCUT2D eigenvalue weighted by atomic mass is 16.7. The molecule has 14 atom stereocenters. The molecule has 4 aliphatic rings. The molecule has 274 valence electrons. The predicted octanol–water partition coefficient (Wildman–Crippen LogP) is 3.28. The van der Waals surface area contributed by atoms with Gasteiger partial charge in [-0.15, -0.1) is 0 Å². The quantitative estimate of drug-likeness (QED) is 0.259. The summed E-state index contributed by atoms with van der Waals surface area (Å²) in [5.41, 5.74) is -2.50. The molecule has 4 rings (SSSR count). The number of carbonyl (C=O) groups is 1. The van der Waals surface area contributed by atoms with Gasteiger partial charge < -0.3 is 49.2 Å². The van der Waals surface area contributed by atoms with Crippen LogP contribution in [0.5, 0.6) is 0 Å². The van der Waals surface area contributed by atoms with Crippen molar-refractivity contribution >= 4 is 5.97 Å². The number of likely N-dealkylation sites (N-methyl/N-ethyl adjacent to an activating group) is 1. The number of fused-ring (bicyclic) bond motifs is 16. The van der Waals surface area contributed by atoms with E-state index in [0.717, 1.165) is 0 Å². The monoisotopic (exact) mass is 670 g/mol. The number of aliphatic hydroxyl groups is 3. The lowest BCUT2D eigenvalue weighted by Crippen LogP contribution is -2.62. The van der Waals surface area contributed by atoms with Gasteiger partial charge in [0.2, 0.25) is 0 Å². The van der Waals surface area contributed by atoms with E-state index in [2.05, 4.69) is 32.7 Å². The van der Waals surface area contributed by atoms with Gasteiger partial charge in [0, 0.05) is 30.0 Å². The zero-order valence-corrected chi connectivity index (χ0v) is 31.1. The molecule has 0 aromatic carbocycles. The number of rotatable bonds is 4. The smallest absolute Gasteiger partial charge is 0.311 e. The number of hydrogen-bond acceptors (Lipinski definition) is 11. The first-order valence-corrected chi connectivity index (χ1v) is 17.6. The normalized spacial score (nSPS) is 46.4. The van der Waals surface area contributed by atoms with Gasteiger partial charge in [0.25, 0.3) is 0 Å². The van der Waals surface area contributed by atoms with Gasteiger partial charge in [0.15, 0.2) is 6.29 Å². The van der Waals surface area contributed by atoms with Crippen molar-refractivity contribution in [2.24, 2.45) is 23.2 Å². The van der Waals surface area contributed by atoms with Crippen LogP contribution in [-0.2, 0) is 28.5 Å². The van der Waals surface area contributed by atoms with Gasteiger partial charge in [-0.3, -0.25) is 4.79 Å². The SMILES string of the molecule is C=C1CO[C@@H]2[C@@H](C)CN[C@H](C)C[C@@](C)(OC1)C(C)(C)[C@H](O[C@@H]1O[C@H](C)C[C@H](N(C)C)[C@H]1O)[C@@H](C)[C@H](O)[C@@H](C)C(=O)O[C@H](CC)[C@@]2(C)O. The molecule has 4 fully saturated rings. The van der Waals surface area contributed by atoms with Crippen LogP contribution >= 0.6 is 0 Å². The first-order valence-electron chi connectivity index (χ1n) is 17.6. The van der Waals surface area contributed by atoms with E-state index >= 15 is 0 Å². The Kier molecular flexibility index (Phi) is 13.6. The van der Waals surface area contributed by atoms with Crippen LogP contribution in [0.25, 0.3) is 0 Å². The summed E-state index contributed by atoms with van der Waals surface area (Å²) in [6.07, 6.45) is -4.08. The predicted molar refractivity (Wildman–Crippen MR) is 181 cm³/mol. The molecule has 0 aromatic rings. The zero-order chi connectivity index (χ0) is 35.6. The molecule has 4 heterocycles. The molecular weight excluding hydrogens is 604 g/mol. The number of nitrogens with zero attached hydrogens (tertiary/aromatic N) is 1. The van der Waals surface area contributed by atoms with E-state index < -0.39 is 71.2 Å². The van der Waals surface area contributed by atoms with Crippen LogP contribution in [0.4, 0.5) is 0 Å². The van der Waals surface area contributed by atoms with E-state index in [-0.39, 0.29) is 37.3 Å². The molecule has 0 radical (unpaired) electrons. The summed E-state index contributed by atoms with van der Waals surface area (Å²) in [5, 5.41) is 39.0. The van der Waals surface area contributed by atoms with E-state index in [1.54, 1.807) is 13.8 Å². The van der Waals surface area contributed by atoms with Gasteiger partial charge in [-0.05, 0) is 79.5 Å². The summed E-state index contributed by atoms with van der Waals surface area (Å²) >= 11 is 0. The van der Waals surface area contributed by atoms with E-state index in [4.69, 9.17) is 23.7 Å². The van der Waals surface area contributed by atoms with Crippen molar-refractivity contribution in [2.75, 3.05) is 33.9 Å². The van der Waals surface area contributed by atoms with Crippen LogP contribution < -0.4 is 5.32 Å². The standard InChI is InChI=1S/C36H66N2O9/c1-14-27-36(11,42)30-21(3)17-37-22(4)16-35(10,44-19-20(2)18-43-30)34(8,9)31(24(6)28(39)25(7)32(41)46-27)47-33-29(40)26(38(12)13)15-23(5)45-33/h21-31,33,37,39-40,42H,2,14-19H2,1,3-13H3/t21-,22+,23+,24-,25+,26-,27+,28-,29+,30+,31+,33-,35+,36+/m0/s1. The van der Waals surface area contributed by atoms with Crippen molar-refractivity contribution < 1.29 is 43.8 Å². The Morgan fingerprint density at radius 2 is 1.68 bits per heavy atom. The topological polar surface area (TPSA) is 139 Å². The number of esters is 1. The maximum absolute atomic E-state index is 13.7. The summed E-state index contributed by atoms with van der Waals surface area (Å²) in [4.78, 5) is 15.7. The molecule has 0 saturated carbocycles. The summed E-state index contributed by atoms with van der Waals surface area (Å²) in [5.74, 6) is -2.36. The first kappa shape index (κ1) is 40.3. The maximum Gasteiger partial charge on any atom is 0.311 e. The fraction of sp³-hybridized carbons (Fsp3) is 0.917. The Morgan fingerprint density at radius 3 is 2.28 bits per heavy atom. The highest BCUT2D eigenvalue weighted by Gasteiger charge is 2.55. The second kappa shape index (κ2) is 15.8. The van der Waals surface area contributed by atoms with Crippen molar-refractivity contribution in [1.82, 2.24) is 10.2 Å². The van der Waals surface area contributed by atoms with Gasteiger partial charge in [0.1, 0.15) is 17.8 Å². The van der Waals surface area contributed by atoms with Crippen LogP contribution in [0.1, 0.15) is 88.5 Å². The number of ether oxygens (including phenoxy) is 5. The Balaban J connectivity index is 2.20. The molecule has 0 unspecified atom stereocenters. The number of carbonyl (C=O) groups excluding carboxylic acids is 1. The van der Waals surface area contributed by atoms with Crippen molar-refractivity contribution in [3.8, 4) is 0 Å². The lowest BCUT2D eigenvalue weighted by atomic mass is 9.64. The van der Waals surface area contributed by atoms with Crippen LogP contribution in [-0.4, -0.2) is 126 Å². The van der Waals surface area contributed by atoms with E-state index in [1.165, 1.54) is 0 Å². The Morgan fingerprint density at radius 1 is 1.04 bits per heavy atom. The molecule has 4 N–H and O–H groups in total. The average Bonchev–Trinajstić information content (AvgIpc) is 2.99. The van der Waals surface area contributed by atoms with Gasteiger partial charge in [-0.1, -0.05) is 41.2 Å². The summed E-state index contributed by atoms with van der Waals surface area (Å²) < 4.78 is 32.3. The third-order valence-electron chi connectivity index (χ3n) is 11.5. The molecule has 0 aromatic heterocycles. The fourth-order valence-corrected chi connectivity index (χ4v) is 7.95. The zero-order valence-electron chi connectivity index (χ0n) is 31.1. The summed E-state index contributed by atoms with van der Waals surface area (Å²) in [6, 6.07) is -0.223. The molecule has 47 heavy (non-hydrogen) atoms. The van der Waals surface area contributed by atoms with Crippen molar-refractivity contribution in [2.45, 2.75) is 155 Å². The van der Waals surface area contributed by atoms with E-state index in [0.29, 0.717) is 31.4 Å². The maximum atomic E-state index is 13.7. The second-order valence-electron chi connectivity index (χ2n) is 16.0. The minimum Gasteiger partial charge on any atom is -0.459 e. The van der Waals surface area contributed by atoms with Crippen LogP contribution in [0.15, 0.2) is 12.2 Å². The van der Waals surface area contributed by atoms with Crippen LogP contribution in [0.2, 0.25) is 0 Å². The number of hydrogen-bond donors (Lipinski definition) is 4. The van der Waals surface area contributed by atoms with E-state index in [1.807, 2.05) is 53.6 Å². The highest BCUT2D eigenvalue weighted by molar-refractivity contribution is 5.73. The third kappa shape index (κ3) is 8.78. The number of nitrogens with one attached hydrogen (secondary N) is 1. The van der Waals surface area contributed by atoms with Crippen LogP contribution in [0.3, 0.4) is 0 Å². The Labute approximate surface area is 283 Å². The highest BCUT2D eigenvalue weighted by Crippen LogP contribution is 2.47. The molecule has 0 aliphatic carbocycles. The molecule has 2 bridgehead atoms. The minimum atomic E-state index is -1.54. The molecule has 4 saturated heterocycles. The summed E-state index contributed by atoms with van der Waals surface area (Å²) in [6.45, 7) is 24.4. The molecule has 4 aliphatic heterocycles. The minimum absolute atomic E-state index is 0.0258. The molecular formula is C36H66N2O9. The van der Waals surface area contributed by atoms with Gasteiger partial charge in [0.05, 0.1) is 49.1 Å².